The van der Waals surface area contributed by atoms with E-state index in [2.05, 4.69) is 5.32 Å². The molecule has 0 aromatic heterocycles. The van der Waals surface area contributed by atoms with Gasteiger partial charge < -0.3 is 11.1 Å². The summed E-state index contributed by atoms with van der Waals surface area (Å²) >= 11 is 0. The van der Waals surface area contributed by atoms with Crippen LogP contribution in [0.5, 0.6) is 0 Å². The number of nitrogens with one attached hydrogen (secondary N) is 1. The van der Waals surface area contributed by atoms with Crippen LogP contribution in [-0.2, 0) is 4.79 Å². The monoisotopic (exact) mass is 303 g/mol. The summed E-state index contributed by atoms with van der Waals surface area (Å²) in [6.45, 7) is 2.40. The molecule has 0 saturated carbocycles. The Morgan fingerprint density at radius 3 is 2.57 bits per heavy atom. The number of anilines is 2. The van der Waals surface area contributed by atoms with E-state index in [1.54, 1.807) is 25.1 Å². The summed E-state index contributed by atoms with van der Waals surface area (Å²) in [4.78, 5) is 12.9. The van der Waals surface area contributed by atoms with Gasteiger partial charge in [-0.3, -0.25) is 9.69 Å². The Morgan fingerprint density at radius 2 is 2.05 bits per heavy atom. The lowest BCUT2D eigenvalue weighted by Crippen LogP contribution is -2.40. The average molecular weight is 303 g/mol. The first-order valence-corrected chi connectivity index (χ1v) is 6.66. The highest BCUT2D eigenvalue weighted by Crippen LogP contribution is 2.20. The minimum atomic E-state index is -4.32. The van der Waals surface area contributed by atoms with E-state index in [-0.39, 0.29) is 13.1 Å². The first-order chi connectivity index (χ1) is 9.71. The number of alkyl halides is 3. The van der Waals surface area contributed by atoms with E-state index in [9.17, 15) is 18.0 Å². The van der Waals surface area contributed by atoms with Crippen molar-refractivity contribution in [1.82, 2.24) is 4.90 Å². The molecule has 0 spiro atoms. The average Bonchev–Trinajstić information content (AvgIpc) is 2.31. The number of hydrogen-bond donors (Lipinski definition) is 2. The fourth-order valence-electron chi connectivity index (χ4n) is 1.97. The van der Waals surface area contributed by atoms with Gasteiger partial charge in [0.1, 0.15) is 0 Å². The van der Waals surface area contributed by atoms with Gasteiger partial charge in [-0.15, -0.1) is 0 Å². The molecule has 1 rings (SSSR count). The van der Waals surface area contributed by atoms with Gasteiger partial charge in [-0.1, -0.05) is 13.0 Å². The van der Waals surface area contributed by atoms with Gasteiger partial charge in [-0.25, -0.2) is 0 Å². The summed E-state index contributed by atoms with van der Waals surface area (Å²) in [5.74, 6) is -0.511. The molecule has 0 aliphatic carbocycles. The molecule has 0 heterocycles. The summed E-state index contributed by atoms with van der Waals surface area (Å²) < 4.78 is 37.3. The van der Waals surface area contributed by atoms with Crippen molar-refractivity contribution in [2.75, 3.05) is 30.7 Å². The lowest BCUT2D eigenvalue weighted by molar-refractivity contribution is -0.147. The van der Waals surface area contributed by atoms with Crippen LogP contribution in [-0.4, -0.2) is 36.6 Å². The van der Waals surface area contributed by atoms with Crippen molar-refractivity contribution in [3.05, 3.63) is 23.8 Å². The van der Waals surface area contributed by atoms with Crippen LogP contribution in [0.25, 0.3) is 0 Å². The smallest absolute Gasteiger partial charge is 0.397 e. The molecule has 1 aromatic carbocycles. The van der Waals surface area contributed by atoms with Crippen molar-refractivity contribution in [3.8, 4) is 0 Å². The van der Waals surface area contributed by atoms with Gasteiger partial charge in [0.2, 0.25) is 5.91 Å². The van der Waals surface area contributed by atoms with Gasteiger partial charge in [0.15, 0.2) is 0 Å². The molecular weight excluding hydrogens is 283 g/mol. The zero-order chi connectivity index (χ0) is 16.0. The molecule has 0 fully saturated rings. The largest absolute Gasteiger partial charge is 0.401 e. The maximum absolute atomic E-state index is 12.4. The molecule has 0 saturated heterocycles. The summed E-state index contributed by atoms with van der Waals surface area (Å²) in [6, 6.07) is 5.09. The molecule has 0 aliphatic heterocycles. The Bertz CT molecular complexity index is 489. The molecule has 1 amide bonds. The minimum Gasteiger partial charge on any atom is -0.397 e. The summed E-state index contributed by atoms with van der Waals surface area (Å²) in [5, 5.41) is 2.54. The van der Waals surface area contributed by atoms with Crippen LogP contribution in [0, 0.1) is 6.92 Å². The number of rotatable bonds is 6. The van der Waals surface area contributed by atoms with E-state index in [0.717, 1.165) is 10.5 Å². The van der Waals surface area contributed by atoms with Crippen molar-refractivity contribution >= 4 is 17.3 Å². The lowest BCUT2D eigenvalue weighted by atomic mass is 10.2. The first-order valence-electron chi connectivity index (χ1n) is 6.66. The Labute approximate surface area is 122 Å². The third-order valence-electron chi connectivity index (χ3n) is 2.79. The van der Waals surface area contributed by atoms with E-state index in [1.807, 2.05) is 6.92 Å². The highest BCUT2D eigenvalue weighted by molar-refractivity contribution is 5.95. The van der Waals surface area contributed by atoms with Crippen molar-refractivity contribution in [2.24, 2.45) is 0 Å². The summed E-state index contributed by atoms with van der Waals surface area (Å²) in [7, 11) is 0. The predicted molar refractivity (Wildman–Crippen MR) is 77.0 cm³/mol. The molecule has 118 valence electrons. The van der Waals surface area contributed by atoms with Gasteiger partial charge in [-0.05, 0) is 37.6 Å². The van der Waals surface area contributed by atoms with Gasteiger partial charge in [0.05, 0.1) is 24.5 Å². The molecule has 0 bridgehead atoms. The Hall–Kier alpha value is -1.76. The molecule has 21 heavy (non-hydrogen) atoms. The van der Waals surface area contributed by atoms with Crippen LogP contribution in [0.2, 0.25) is 0 Å². The highest BCUT2D eigenvalue weighted by atomic mass is 19.4. The molecule has 0 unspecified atom stereocenters. The number of nitrogens with zero attached hydrogens (tertiary/aromatic N) is 1. The second kappa shape index (κ2) is 7.31. The van der Waals surface area contributed by atoms with Crippen molar-refractivity contribution in [2.45, 2.75) is 26.4 Å². The maximum atomic E-state index is 12.4. The second-order valence-corrected chi connectivity index (χ2v) is 4.96. The van der Waals surface area contributed by atoms with Gasteiger partial charge in [0.25, 0.3) is 0 Å². The van der Waals surface area contributed by atoms with Crippen LogP contribution in [0.1, 0.15) is 18.9 Å². The number of aryl methyl sites for hydroxylation is 1. The van der Waals surface area contributed by atoms with Crippen molar-refractivity contribution in [1.29, 1.82) is 0 Å². The molecular formula is C14H20F3N3O. The quantitative estimate of drug-likeness (QED) is 0.795. The number of halogens is 3. The SMILES string of the molecule is CCCN(CC(=O)Nc1ccc(C)cc1N)CC(F)(F)F. The molecule has 0 aliphatic rings. The predicted octanol–water partition coefficient (Wildman–Crippen LogP) is 2.79. The normalized spacial score (nSPS) is 11.7. The number of hydrogen-bond acceptors (Lipinski definition) is 3. The molecule has 1 aromatic rings. The highest BCUT2D eigenvalue weighted by Gasteiger charge is 2.31. The zero-order valence-electron chi connectivity index (χ0n) is 12.1. The van der Waals surface area contributed by atoms with E-state index in [1.165, 1.54) is 0 Å². The Morgan fingerprint density at radius 1 is 1.38 bits per heavy atom. The molecule has 7 heteroatoms. The number of carbonyl (C=O) groups excluding carboxylic acids is 1. The number of nitrogen functional groups attached to an aromatic ring is 1. The Kier molecular flexibility index (Phi) is 6.02. The molecule has 4 nitrogen and oxygen atoms in total. The van der Waals surface area contributed by atoms with Gasteiger partial charge >= 0.3 is 6.18 Å². The lowest BCUT2D eigenvalue weighted by Gasteiger charge is -2.22. The van der Waals surface area contributed by atoms with Crippen LogP contribution >= 0.6 is 0 Å². The van der Waals surface area contributed by atoms with Crippen molar-refractivity contribution < 1.29 is 18.0 Å². The van der Waals surface area contributed by atoms with E-state index >= 15 is 0 Å². The van der Waals surface area contributed by atoms with Crippen molar-refractivity contribution in [3.63, 3.8) is 0 Å². The molecule has 3 N–H and O–H groups in total. The number of nitrogens with two attached hydrogens (primary N) is 1. The fraction of sp³-hybridized carbons (Fsp3) is 0.500. The number of benzene rings is 1. The first kappa shape index (κ1) is 17.3. The van der Waals surface area contributed by atoms with Crippen LogP contribution < -0.4 is 11.1 Å². The zero-order valence-corrected chi connectivity index (χ0v) is 12.1. The summed E-state index contributed by atoms with van der Waals surface area (Å²) in [5.41, 5.74) is 7.49. The van der Waals surface area contributed by atoms with E-state index in [0.29, 0.717) is 17.8 Å². The maximum Gasteiger partial charge on any atom is 0.401 e. The second-order valence-electron chi connectivity index (χ2n) is 4.96. The number of amides is 1. The fourth-order valence-corrected chi connectivity index (χ4v) is 1.97. The van der Waals surface area contributed by atoms with Gasteiger partial charge in [-0.2, -0.15) is 13.2 Å². The third-order valence-corrected chi connectivity index (χ3v) is 2.79. The van der Waals surface area contributed by atoms with Crippen LogP contribution in [0.15, 0.2) is 18.2 Å². The van der Waals surface area contributed by atoms with E-state index < -0.39 is 18.6 Å². The summed E-state index contributed by atoms with van der Waals surface area (Å²) in [6.07, 6.45) is -3.78. The van der Waals surface area contributed by atoms with Crippen LogP contribution in [0.3, 0.4) is 0 Å². The topological polar surface area (TPSA) is 58.4 Å². The number of carbonyl (C=O) groups is 1. The third kappa shape index (κ3) is 6.48. The van der Waals surface area contributed by atoms with E-state index in [4.69, 9.17) is 5.73 Å². The van der Waals surface area contributed by atoms with Crippen LogP contribution in [0.4, 0.5) is 24.5 Å². The van der Waals surface area contributed by atoms with Gasteiger partial charge in [0, 0.05) is 0 Å². The standard InChI is InChI=1S/C14H20F3N3O/c1-3-6-20(9-14(15,16)17)8-13(21)19-12-5-4-10(2)7-11(12)18/h4-5,7H,3,6,8-9,18H2,1-2H3,(H,19,21). The molecule has 0 radical (unpaired) electrons. The molecule has 0 atom stereocenters. The minimum absolute atomic E-state index is 0.205. The Balaban J connectivity index is 2.65.